The van der Waals surface area contributed by atoms with Crippen LogP contribution in [0.25, 0.3) is 33.3 Å². The van der Waals surface area contributed by atoms with Gasteiger partial charge in [0.2, 0.25) is 0 Å². The van der Waals surface area contributed by atoms with Crippen LogP contribution in [-0.4, -0.2) is 9.97 Å². The van der Waals surface area contributed by atoms with Gasteiger partial charge in [-0.2, -0.15) is 0 Å². The molecule has 0 aliphatic rings. The van der Waals surface area contributed by atoms with Crippen molar-refractivity contribution in [3.05, 3.63) is 54.4 Å². The van der Waals surface area contributed by atoms with Gasteiger partial charge in [-0.3, -0.25) is 4.98 Å². The number of aromatic nitrogens is 2. The van der Waals surface area contributed by atoms with Gasteiger partial charge < -0.3 is 9.40 Å². The first-order chi connectivity index (χ1) is 9.33. The van der Waals surface area contributed by atoms with Crippen LogP contribution in [0.3, 0.4) is 0 Å². The Labute approximate surface area is 109 Å². The lowest BCUT2D eigenvalue weighted by Gasteiger charge is -1.98. The lowest BCUT2D eigenvalue weighted by Crippen LogP contribution is -1.82. The van der Waals surface area contributed by atoms with Crippen molar-refractivity contribution in [3.63, 3.8) is 0 Å². The molecule has 3 heterocycles. The number of hydrogen-bond acceptors (Lipinski definition) is 2. The second kappa shape index (κ2) is 3.72. The second-order valence-electron chi connectivity index (χ2n) is 4.66. The van der Waals surface area contributed by atoms with E-state index in [2.05, 4.69) is 22.1 Å². The molecule has 4 aromatic rings. The molecule has 0 saturated heterocycles. The highest BCUT2D eigenvalue weighted by atomic mass is 16.3. The van der Waals surface area contributed by atoms with Crippen LogP contribution in [0.1, 0.15) is 5.76 Å². The summed E-state index contributed by atoms with van der Waals surface area (Å²) in [5, 5.41) is 2.39. The maximum Gasteiger partial charge on any atom is 0.154 e. The SMILES string of the molecule is Cc1ccc(-c2nccc3c2[nH]c2ccccc23)o1. The normalized spacial score (nSPS) is 11.4. The molecular formula is C16H12N2O. The minimum absolute atomic E-state index is 0.801. The molecule has 0 aliphatic carbocycles. The van der Waals surface area contributed by atoms with Gasteiger partial charge in [-0.25, -0.2) is 0 Å². The smallest absolute Gasteiger partial charge is 0.154 e. The number of hydrogen-bond donors (Lipinski definition) is 1. The molecule has 0 amide bonds. The van der Waals surface area contributed by atoms with Crippen molar-refractivity contribution in [2.45, 2.75) is 6.92 Å². The van der Waals surface area contributed by atoms with Crippen LogP contribution in [-0.2, 0) is 0 Å². The quantitative estimate of drug-likeness (QED) is 0.546. The topological polar surface area (TPSA) is 41.8 Å². The average molecular weight is 248 g/mol. The molecule has 0 radical (unpaired) electrons. The Morgan fingerprint density at radius 2 is 1.89 bits per heavy atom. The minimum atomic E-state index is 0.801. The van der Waals surface area contributed by atoms with E-state index in [0.717, 1.165) is 28.2 Å². The summed E-state index contributed by atoms with van der Waals surface area (Å²) in [6.07, 6.45) is 1.83. The second-order valence-corrected chi connectivity index (χ2v) is 4.66. The minimum Gasteiger partial charge on any atom is -0.460 e. The molecule has 92 valence electrons. The third-order valence-electron chi connectivity index (χ3n) is 3.40. The van der Waals surface area contributed by atoms with Gasteiger partial charge in [-0.1, -0.05) is 18.2 Å². The molecule has 0 unspecified atom stereocenters. The third kappa shape index (κ3) is 1.48. The van der Waals surface area contributed by atoms with Gasteiger partial charge in [-0.05, 0) is 31.2 Å². The van der Waals surface area contributed by atoms with Crippen LogP contribution < -0.4 is 0 Å². The largest absolute Gasteiger partial charge is 0.460 e. The summed E-state index contributed by atoms with van der Waals surface area (Å²) in [5.74, 6) is 1.69. The van der Waals surface area contributed by atoms with Crippen LogP contribution in [0.5, 0.6) is 0 Å². The zero-order valence-electron chi connectivity index (χ0n) is 10.5. The predicted octanol–water partition coefficient (Wildman–Crippen LogP) is 4.28. The first kappa shape index (κ1) is 10.4. The summed E-state index contributed by atoms with van der Waals surface area (Å²) in [5.41, 5.74) is 3.01. The maximum absolute atomic E-state index is 5.69. The van der Waals surface area contributed by atoms with Crippen LogP contribution in [0.2, 0.25) is 0 Å². The Balaban J connectivity index is 2.12. The Hall–Kier alpha value is -2.55. The Kier molecular flexibility index (Phi) is 2.03. The van der Waals surface area contributed by atoms with E-state index in [9.17, 15) is 0 Å². The van der Waals surface area contributed by atoms with E-state index in [1.807, 2.05) is 43.5 Å². The lowest BCUT2D eigenvalue weighted by atomic mass is 10.1. The van der Waals surface area contributed by atoms with Crippen molar-refractivity contribution >= 4 is 21.8 Å². The third-order valence-corrected chi connectivity index (χ3v) is 3.40. The van der Waals surface area contributed by atoms with E-state index in [1.54, 1.807) is 0 Å². The van der Waals surface area contributed by atoms with Gasteiger partial charge in [0.05, 0.1) is 5.52 Å². The Morgan fingerprint density at radius 1 is 1.00 bits per heavy atom. The zero-order valence-corrected chi connectivity index (χ0v) is 10.5. The zero-order chi connectivity index (χ0) is 12.8. The number of nitrogens with zero attached hydrogens (tertiary/aromatic N) is 1. The number of H-pyrrole nitrogens is 1. The Morgan fingerprint density at radius 3 is 2.74 bits per heavy atom. The van der Waals surface area contributed by atoms with E-state index in [1.165, 1.54) is 10.8 Å². The fourth-order valence-electron chi connectivity index (χ4n) is 2.52. The molecule has 3 aromatic heterocycles. The van der Waals surface area contributed by atoms with Crippen molar-refractivity contribution < 1.29 is 4.42 Å². The van der Waals surface area contributed by atoms with Gasteiger partial charge in [-0.15, -0.1) is 0 Å². The van der Waals surface area contributed by atoms with E-state index in [0.29, 0.717) is 0 Å². The fraction of sp³-hybridized carbons (Fsp3) is 0.0625. The number of pyridine rings is 1. The number of rotatable bonds is 1. The molecule has 3 nitrogen and oxygen atoms in total. The van der Waals surface area contributed by atoms with Gasteiger partial charge >= 0.3 is 0 Å². The number of benzene rings is 1. The fourth-order valence-corrected chi connectivity index (χ4v) is 2.52. The molecule has 0 atom stereocenters. The van der Waals surface area contributed by atoms with Gasteiger partial charge in [0, 0.05) is 22.5 Å². The van der Waals surface area contributed by atoms with Crippen LogP contribution in [0.15, 0.2) is 53.1 Å². The standard InChI is InChI=1S/C16H12N2O/c1-10-6-7-14(19-10)16-15-12(8-9-17-16)11-4-2-3-5-13(11)18-15/h2-9,18H,1H3. The average Bonchev–Trinajstić information content (AvgIpc) is 3.02. The summed E-state index contributed by atoms with van der Waals surface area (Å²) in [4.78, 5) is 7.89. The number of furan rings is 1. The summed E-state index contributed by atoms with van der Waals surface area (Å²) < 4.78 is 5.69. The van der Waals surface area contributed by atoms with E-state index >= 15 is 0 Å². The molecule has 1 N–H and O–H groups in total. The number of aryl methyl sites for hydroxylation is 1. The molecule has 19 heavy (non-hydrogen) atoms. The molecular weight excluding hydrogens is 236 g/mol. The monoisotopic (exact) mass is 248 g/mol. The van der Waals surface area contributed by atoms with E-state index < -0.39 is 0 Å². The van der Waals surface area contributed by atoms with E-state index in [-0.39, 0.29) is 0 Å². The summed E-state index contributed by atoms with van der Waals surface area (Å²) in [7, 11) is 0. The predicted molar refractivity (Wildman–Crippen MR) is 76.0 cm³/mol. The maximum atomic E-state index is 5.69. The molecule has 4 rings (SSSR count). The van der Waals surface area contributed by atoms with Crippen molar-refractivity contribution in [3.8, 4) is 11.5 Å². The van der Waals surface area contributed by atoms with Gasteiger partial charge in [0.1, 0.15) is 11.5 Å². The Bertz CT molecular complexity index is 886. The van der Waals surface area contributed by atoms with Gasteiger partial charge in [0.15, 0.2) is 5.76 Å². The molecule has 0 fully saturated rings. The molecule has 0 bridgehead atoms. The summed E-state index contributed by atoms with van der Waals surface area (Å²) in [6.45, 7) is 1.94. The van der Waals surface area contributed by atoms with Crippen molar-refractivity contribution in [1.29, 1.82) is 0 Å². The molecule has 0 saturated carbocycles. The lowest BCUT2D eigenvalue weighted by molar-refractivity contribution is 0.547. The van der Waals surface area contributed by atoms with Crippen molar-refractivity contribution in [2.24, 2.45) is 0 Å². The van der Waals surface area contributed by atoms with Crippen molar-refractivity contribution in [1.82, 2.24) is 9.97 Å². The highest BCUT2D eigenvalue weighted by molar-refractivity contribution is 6.10. The molecule has 0 spiro atoms. The number of fused-ring (bicyclic) bond motifs is 3. The number of para-hydroxylation sites is 1. The first-order valence-corrected chi connectivity index (χ1v) is 6.25. The number of nitrogens with one attached hydrogen (secondary N) is 1. The summed E-state index contributed by atoms with van der Waals surface area (Å²) >= 11 is 0. The molecule has 3 heteroatoms. The van der Waals surface area contributed by atoms with Crippen LogP contribution >= 0.6 is 0 Å². The van der Waals surface area contributed by atoms with Crippen LogP contribution in [0.4, 0.5) is 0 Å². The van der Waals surface area contributed by atoms with Crippen molar-refractivity contribution in [2.75, 3.05) is 0 Å². The van der Waals surface area contributed by atoms with Crippen LogP contribution in [0, 0.1) is 6.92 Å². The molecule has 1 aromatic carbocycles. The van der Waals surface area contributed by atoms with E-state index in [4.69, 9.17) is 4.42 Å². The highest BCUT2D eigenvalue weighted by Gasteiger charge is 2.12. The summed E-state index contributed by atoms with van der Waals surface area (Å²) in [6, 6.07) is 14.2. The first-order valence-electron chi connectivity index (χ1n) is 6.25. The highest BCUT2D eigenvalue weighted by Crippen LogP contribution is 2.31. The number of aromatic amines is 1. The van der Waals surface area contributed by atoms with Gasteiger partial charge in [0.25, 0.3) is 0 Å². The molecule has 0 aliphatic heterocycles.